The van der Waals surface area contributed by atoms with Crippen molar-refractivity contribution in [3.05, 3.63) is 55.7 Å². The summed E-state index contributed by atoms with van der Waals surface area (Å²) in [5.41, 5.74) is 4.45. The molecular formula is C20H24N6O2. The molecule has 1 aliphatic rings. The van der Waals surface area contributed by atoms with Crippen molar-refractivity contribution >= 4 is 22.8 Å². The summed E-state index contributed by atoms with van der Waals surface area (Å²) in [6.07, 6.45) is 0. The maximum Gasteiger partial charge on any atom is 0.332 e. The first-order valence-corrected chi connectivity index (χ1v) is 9.27. The topological polar surface area (TPSA) is 77.4 Å². The largest absolute Gasteiger partial charge is 0.332 e. The monoisotopic (exact) mass is 380 g/mol. The number of nitrogens with zero attached hydrogens (tertiary/aromatic N) is 6. The zero-order valence-corrected chi connectivity index (χ0v) is 17.0. The van der Waals surface area contributed by atoms with Gasteiger partial charge in [-0.25, -0.2) is 9.80 Å². The summed E-state index contributed by atoms with van der Waals surface area (Å²) in [6, 6.07) is 6.19. The minimum atomic E-state index is -0.390. The van der Waals surface area contributed by atoms with Gasteiger partial charge in [-0.2, -0.15) is 10.1 Å². The highest BCUT2D eigenvalue weighted by molar-refractivity contribution is 5.91. The Hall–Kier alpha value is -3.16. The van der Waals surface area contributed by atoms with Gasteiger partial charge in [0.15, 0.2) is 11.2 Å². The van der Waals surface area contributed by atoms with Gasteiger partial charge in [-0.15, -0.1) is 0 Å². The predicted molar refractivity (Wildman–Crippen MR) is 110 cm³/mol. The molecule has 2 aromatic heterocycles. The second-order valence-electron chi connectivity index (χ2n) is 7.56. The summed E-state index contributed by atoms with van der Waals surface area (Å²) in [6.45, 7) is 8.60. The molecule has 0 spiro atoms. The van der Waals surface area contributed by atoms with Crippen molar-refractivity contribution in [3.8, 4) is 0 Å². The molecule has 0 fully saturated rings. The van der Waals surface area contributed by atoms with Crippen LogP contribution in [0.1, 0.15) is 36.6 Å². The lowest BCUT2D eigenvalue weighted by Gasteiger charge is -2.29. The number of aromatic nitrogens is 4. The molecule has 8 nitrogen and oxygen atoms in total. The molecule has 146 valence electrons. The van der Waals surface area contributed by atoms with E-state index >= 15 is 0 Å². The lowest BCUT2D eigenvalue weighted by Crippen LogP contribution is -2.38. The van der Waals surface area contributed by atoms with E-state index in [1.54, 1.807) is 7.05 Å². The Morgan fingerprint density at radius 2 is 1.79 bits per heavy atom. The maximum atomic E-state index is 12.9. The molecule has 0 aliphatic carbocycles. The van der Waals surface area contributed by atoms with Crippen molar-refractivity contribution in [2.45, 2.75) is 40.3 Å². The van der Waals surface area contributed by atoms with Crippen LogP contribution in [-0.2, 0) is 20.6 Å². The Morgan fingerprint density at radius 1 is 1.07 bits per heavy atom. The van der Waals surface area contributed by atoms with Crippen LogP contribution in [0.4, 0.5) is 5.95 Å². The van der Waals surface area contributed by atoms with Crippen LogP contribution in [0.25, 0.3) is 11.2 Å². The third-order valence-corrected chi connectivity index (χ3v) is 5.60. The van der Waals surface area contributed by atoms with Crippen molar-refractivity contribution < 1.29 is 0 Å². The van der Waals surface area contributed by atoms with Crippen LogP contribution in [0.3, 0.4) is 0 Å². The van der Waals surface area contributed by atoms with Gasteiger partial charge in [0, 0.05) is 14.1 Å². The van der Waals surface area contributed by atoms with Gasteiger partial charge in [0.1, 0.15) is 0 Å². The first-order chi connectivity index (χ1) is 13.2. The first kappa shape index (κ1) is 18.2. The van der Waals surface area contributed by atoms with Crippen LogP contribution in [-0.4, -0.2) is 24.4 Å². The zero-order valence-electron chi connectivity index (χ0n) is 17.0. The normalized spacial score (nSPS) is 16.4. The summed E-state index contributed by atoms with van der Waals surface area (Å²) in [5, 5.41) is 6.56. The Labute approximate surface area is 162 Å². The molecule has 0 radical (unpaired) electrons. The molecule has 4 rings (SSSR count). The molecule has 8 heteroatoms. The number of anilines is 1. The maximum absolute atomic E-state index is 12.9. The average Bonchev–Trinajstić information content (AvgIpc) is 3.06. The van der Waals surface area contributed by atoms with E-state index in [1.807, 2.05) is 23.4 Å². The molecule has 0 unspecified atom stereocenters. The third kappa shape index (κ3) is 2.51. The van der Waals surface area contributed by atoms with E-state index in [2.05, 4.69) is 37.0 Å². The molecule has 1 aromatic carbocycles. The Bertz CT molecular complexity index is 1260. The predicted octanol–water partition coefficient (Wildman–Crippen LogP) is 2.01. The van der Waals surface area contributed by atoms with Crippen LogP contribution in [0.2, 0.25) is 0 Å². The van der Waals surface area contributed by atoms with E-state index in [9.17, 15) is 9.59 Å². The second kappa shape index (κ2) is 6.19. The highest BCUT2D eigenvalue weighted by Gasteiger charge is 2.30. The first-order valence-electron chi connectivity index (χ1n) is 9.27. The van der Waals surface area contributed by atoms with Gasteiger partial charge in [-0.05, 0) is 38.8 Å². The van der Waals surface area contributed by atoms with Gasteiger partial charge >= 0.3 is 5.69 Å². The van der Waals surface area contributed by atoms with E-state index in [0.717, 1.165) is 15.8 Å². The molecule has 1 aliphatic heterocycles. The molecule has 1 atom stereocenters. The number of hydrogen-bond donors (Lipinski definition) is 0. The van der Waals surface area contributed by atoms with Crippen molar-refractivity contribution in [1.29, 1.82) is 0 Å². The minimum absolute atomic E-state index is 0.125. The lowest BCUT2D eigenvalue weighted by atomic mass is 10.1. The fourth-order valence-electron chi connectivity index (χ4n) is 3.70. The molecule has 3 aromatic rings. The minimum Gasteiger partial charge on any atom is -0.294 e. The van der Waals surface area contributed by atoms with Gasteiger partial charge in [0.05, 0.1) is 18.3 Å². The number of benzene rings is 1. The standard InChI is InChI=1S/C20H24N6O2/c1-11-7-8-12(2)15(9-11)10-25-19-21-17-16(26(19)14(4)13(3)22-25)18(27)24(6)20(28)23(17)5/h7-9,14H,10H2,1-6H3/t14-/m0/s1. The van der Waals surface area contributed by atoms with Crippen LogP contribution in [0, 0.1) is 13.8 Å². The molecule has 0 N–H and O–H groups in total. The van der Waals surface area contributed by atoms with E-state index < -0.39 is 0 Å². The summed E-state index contributed by atoms with van der Waals surface area (Å²) < 4.78 is 4.44. The molecule has 3 heterocycles. The van der Waals surface area contributed by atoms with Crippen LogP contribution in [0.15, 0.2) is 32.9 Å². The molecule has 0 saturated carbocycles. The van der Waals surface area contributed by atoms with Crippen LogP contribution < -0.4 is 16.3 Å². The van der Waals surface area contributed by atoms with E-state index in [-0.39, 0.29) is 17.3 Å². The highest BCUT2D eigenvalue weighted by Crippen LogP contribution is 2.31. The van der Waals surface area contributed by atoms with Gasteiger partial charge < -0.3 is 0 Å². The molecule has 0 amide bonds. The fraction of sp³-hybridized carbons (Fsp3) is 0.400. The lowest BCUT2D eigenvalue weighted by molar-refractivity contribution is 0.633. The van der Waals surface area contributed by atoms with Gasteiger partial charge in [0.25, 0.3) is 5.56 Å². The summed E-state index contributed by atoms with van der Waals surface area (Å²) >= 11 is 0. The number of fused-ring (bicyclic) bond motifs is 3. The van der Waals surface area contributed by atoms with Crippen molar-refractivity contribution in [3.63, 3.8) is 0 Å². The molecule has 0 bridgehead atoms. The average molecular weight is 380 g/mol. The summed E-state index contributed by atoms with van der Waals surface area (Å²) in [4.78, 5) is 29.9. The zero-order chi connectivity index (χ0) is 20.3. The van der Waals surface area contributed by atoms with Crippen LogP contribution in [0.5, 0.6) is 0 Å². The SMILES string of the molecule is CC1=NN(Cc2cc(C)ccc2C)c2nc3c(c(=O)n(C)c(=O)n3C)n2[C@H]1C. The summed E-state index contributed by atoms with van der Waals surface area (Å²) in [7, 11) is 3.13. The number of imidazole rings is 1. The third-order valence-electron chi connectivity index (χ3n) is 5.60. The fourth-order valence-corrected chi connectivity index (χ4v) is 3.70. The molecule has 28 heavy (non-hydrogen) atoms. The smallest absolute Gasteiger partial charge is 0.294 e. The number of aryl methyl sites for hydroxylation is 3. The highest BCUT2D eigenvalue weighted by atomic mass is 16.2. The van der Waals surface area contributed by atoms with Crippen molar-refractivity contribution in [2.24, 2.45) is 19.2 Å². The van der Waals surface area contributed by atoms with Gasteiger partial charge in [-0.1, -0.05) is 23.8 Å². The van der Waals surface area contributed by atoms with Gasteiger partial charge in [-0.3, -0.25) is 18.5 Å². The van der Waals surface area contributed by atoms with Crippen LogP contribution >= 0.6 is 0 Å². The van der Waals surface area contributed by atoms with Gasteiger partial charge in [0.2, 0.25) is 5.95 Å². The number of rotatable bonds is 2. The molecular weight excluding hydrogens is 356 g/mol. The second-order valence-corrected chi connectivity index (χ2v) is 7.56. The molecule has 0 saturated heterocycles. The van der Waals surface area contributed by atoms with Crippen molar-refractivity contribution in [1.82, 2.24) is 18.7 Å². The van der Waals surface area contributed by atoms with E-state index in [1.165, 1.54) is 22.7 Å². The number of hydrogen-bond acceptors (Lipinski definition) is 5. The van der Waals surface area contributed by atoms with E-state index in [0.29, 0.717) is 23.7 Å². The van der Waals surface area contributed by atoms with Crippen molar-refractivity contribution in [2.75, 3.05) is 5.01 Å². The summed E-state index contributed by atoms with van der Waals surface area (Å²) in [5.74, 6) is 0.576. The number of hydrazone groups is 1. The Morgan fingerprint density at radius 3 is 2.50 bits per heavy atom. The quantitative estimate of drug-likeness (QED) is 0.681. The Balaban J connectivity index is 1.97. The Kier molecular flexibility index (Phi) is 4.02. The van der Waals surface area contributed by atoms with E-state index in [4.69, 9.17) is 5.10 Å².